The monoisotopic (exact) mass is 335 g/mol. The summed E-state index contributed by atoms with van der Waals surface area (Å²) in [5, 5.41) is 4.20. The van der Waals surface area contributed by atoms with Crippen LogP contribution in [0.5, 0.6) is 0 Å². The van der Waals surface area contributed by atoms with Crippen LogP contribution >= 0.6 is 0 Å². The number of hydrogen-bond donors (Lipinski definition) is 0. The van der Waals surface area contributed by atoms with E-state index in [9.17, 15) is 18.0 Å². The topological polar surface area (TPSA) is 56.6 Å². The minimum absolute atomic E-state index is 0.126. The van der Waals surface area contributed by atoms with Crippen LogP contribution in [0.4, 0.5) is 13.2 Å². The van der Waals surface area contributed by atoms with Crippen molar-refractivity contribution in [3.63, 3.8) is 0 Å². The third-order valence-corrected chi connectivity index (χ3v) is 3.49. The molecule has 1 amide bonds. The first-order valence-electron chi connectivity index (χ1n) is 7.42. The van der Waals surface area contributed by atoms with Gasteiger partial charge in [0.1, 0.15) is 5.69 Å². The maximum atomic E-state index is 12.8. The Hall–Kier alpha value is -1.61. The molecule has 0 bridgehead atoms. The molecule has 130 valence electrons. The largest absolute Gasteiger partial charge is 0.416 e. The van der Waals surface area contributed by atoms with Crippen molar-refractivity contribution >= 4 is 5.91 Å². The van der Waals surface area contributed by atoms with E-state index in [1.807, 2.05) is 6.92 Å². The highest BCUT2D eigenvalue weighted by Gasteiger charge is 2.44. The number of aromatic nitrogens is 2. The minimum atomic E-state index is -4.48. The number of hydrogen-bond acceptors (Lipinski definition) is 4. The predicted molar refractivity (Wildman–Crippen MR) is 75.2 cm³/mol. The fourth-order valence-electron chi connectivity index (χ4n) is 2.38. The molecule has 1 aromatic rings. The molecule has 0 unspecified atom stereocenters. The summed E-state index contributed by atoms with van der Waals surface area (Å²) in [6.07, 6.45) is -6.43. The van der Waals surface area contributed by atoms with Gasteiger partial charge >= 0.3 is 6.18 Å². The number of halogens is 3. The Bertz CT molecular complexity index is 545. The molecule has 1 atom stereocenters. The van der Waals surface area contributed by atoms with Gasteiger partial charge in [0.2, 0.25) is 0 Å². The number of rotatable bonds is 5. The highest BCUT2D eigenvalue weighted by Crippen LogP contribution is 2.26. The van der Waals surface area contributed by atoms with Gasteiger partial charge < -0.3 is 14.4 Å². The molecule has 1 aliphatic heterocycles. The zero-order valence-electron chi connectivity index (χ0n) is 13.1. The Labute approximate surface area is 132 Å². The standard InChI is InChI=1S/C14H20F3N3O3/c1-3-22-6-5-20-11(8-10(2)18-20)13(21)19-4-7-23-12(9-19)14(15,16)17/h8,12H,3-7,9H2,1-2H3/t12-/m1/s1. The lowest BCUT2D eigenvalue weighted by atomic mass is 10.2. The first kappa shape index (κ1) is 17.7. The van der Waals surface area contributed by atoms with Crippen LogP contribution in [0.1, 0.15) is 23.1 Å². The number of carbonyl (C=O) groups excluding carboxylic acids is 1. The summed E-state index contributed by atoms with van der Waals surface area (Å²) in [7, 11) is 0. The highest BCUT2D eigenvalue weighted by atomic mass is 19.4. The lowest BCUT2D eigenvalue weighted by Crippen LogP contribution is -2.51. The van der Waals surface area contributed by atoms with E-state index >= 15 is 0 Å². The average molecular weight is 335 g/mol. The third-order valence-electron chi connectivity index (χ3n) is 3.49. The predicted octanol–water partition coefficient (Wildman–Crippen LogP) is 1.63. The van der Waals surface area contributed by atoms with Gasteiger partial charge in [0.15, 0.2) is 6.10 Å². The van der Waals surface area contributed by atoms with Gasteiger partial charge in [0, 0.05) is 13.2 Å². The molecule has 2 heterocycles. The Kier molecular flexibility index (Phi) is 5.64. The Morgan fingerprint density at radius 2 is 2.26 bits per heavy atom. The van der Waals surface area contributed by atoms with Crippen LogP contribution in [0.15, 0.2) is 6.07 Å². The van der Waals surface area contributed by atoms with Crippen molar-refractivity contribution in [3.05, 3.63) is 17.5 Å². The first-order chi connectivity index (χ1) is 10.8. The quantitative estimate of drug-likeness (QED) is 0.768. The van der Waals surface area contributed by atoms with Gasteiger partial charge in [-0.1, -0.05) is 0 Å². The second-order valence-electron chi connectivity index (χ2n) is 5.24. The molecule has 1 aliphatic rings. The van der Waals surface area contributed by atoms with E-state index in [2.05, 4.69) is 5.10 Å². The van der Waals surface area contributed by atoms with E-state index in [0.717, 1.165) is 4.90 Å². The Morgan fingerprint density at radius 1 is 1.52 bits per heavy atom. The van der Waals surface area contributed by atoms with Crippen molar-refractivity contribution in [1.82, 2.24) is 14.7 Å². The van der Waals surface area contributed by atoms with Crippen molar-refractivity contribution < 1.29 is 27.4 Å². The van der Waals surface area contributed by atoms with Gasteiger partial charge in [-0.2, -0.15) is 18.3 Å². The summed E-state index contributed by atoms with van der Waals surface area (Å²) < 4.78 is 49.7. The fourth-order valence-corrected chi connectivity index (χ4v) is 2.38. The van der Waals surface area contributed by atoms with Gasteiger partial charge in [-0.05, 0) is 19.9 Å². The number of amides is 1. The van der Waals surface area contributed by atoms with Crippen molar-refractivity contribution in [2.45, 2.75) is 32.7 Å². The van der Waals surface area contributed by atoms with Crippen LogP contribution in [-0.4, -0.2) is 65.8 Å². The Balaban J connectivity index is 2.10. The van der Waals surface area contributed by atoms with Gasteiger partial charge in [-0.3, -0.25) is 9.48 Å². The maximum absolute atomic E-state index is 12.8. The molecular weight excluding hydrogens is 315 g/mol. The molecule has 0 N–H and O–H groups in total. The lowest BCUT2D eigenvalue weighted by molar-refractivity contribution is -0.233. The summed E-state index contributed by atoms with van der Waals surface area (Å²) in [6, 6.07) is 1.58. The van der Waals surface area contributed by atoms with E-state index in [0.29, 0.717) is 25.5 Å². The van der Waals surface area contributed by atoms with Crippen LogP contribution in [0.25, 0.3) is 0 Å². The number of ether oxygens (including phenoxy) is 2. The van der Waals surface area contributed by atoms with E-state index in [-0.39, 0.29) is 18.8 Å². The molecule has 0 aromatic carbocycles. The van der Waals surface area contributed by atoms with E-state index in [4.69, 9.17) is 9.47 Å². The maximum Gasteiger partial charge on any atom is 0.416 e. The molecule has 23 heavy (non-hydrogen) atoms. The lowest BCUT2D eigenvalue weighted by Gasteiger charge is -2.33. The summed E-state index contributed by atoms with van der Waals surface area (Å²) in [5.41, 5.74) is 0.899. The molecule has 1 fully saturated rings. The molecule has 0 radical (unpaired) electrons. The smallest absolute Gasteiger partial charge is 0.380 e. The summed E-state index contributed by atoms with van der Waals surface area (Å²) >= 11 is 0. The van der Waals surface area contributed by atoms with E-state index < -0.39 is 24.7 Å². The number of alkyl halides is 3. The normalized spacial score (nSPS) is 19.2. The number of carbonyl (C=O) groups is 1. The second-order valence-corrected chi connectivity index (χ2v) is 5.24. The SMILES string of the molecule is CCOCCn1nc(C)cc1C(=O)N1CCO[C@@H](C(F)(F)F)C1. The molecule has 9 heteroatoms. The molecule has 2 rings (SSSR count). The molecular formula is C14H20F3N3O3. The van der Waals surface area contributed by atoms with Crippen molar-refractivity contribution in [2.75, 3.05) is 32.9 Å². The van der Waals surface area contributed by atoms with Crippen molar-refractivity contribution in [3.8, 4) is 0 Å². The van der Waals surface area contributed by atoms with Crippen molar-refractivity contribution in [2.24, 2.45) is 0 Å². The summed E-state index contributed by atoms with van der Waals surface area (Å²) in [4.78, 5) is 13.7. The first-order valence-corrected chi connectivity index (χ1v) is 7.42. The molecule has 0 spiro atoms. The van der Waals surface area contributed by atoms with Gasteiger partial charge in [-0.25, -0.2) is 0 Å². The zero-order valence-corrected chi connectivity index (χ0v) is 13.1. The molecule has 1 saturated heterocycles. The minimum Gasteiger partial charge on any atom is -0.380 e. The molecule has 1 aromatic heterocycles. The van der Waals surface area contributed by atoms with Crippen LogP contribution < -0.4 is 0 Å². The zero-order chi connectivity index (χ0) is 17.0. The van der Waals surface area contributed by atoms with Crippen LogP contribution in [0.2, 0.25) is 0 Å². The Morgan fingerprint density at radius 3 is 2.91 bits per heavy atom. The average Bonchev–Trinajstić information content (AvgIpc) is 2.87. The van der Waals surface area contributed by atoms with Crippen LogP contribution in [0, 0.1) is 6.92 Å². The fraction of sp³-hybridized carbons (Fsp3) is 0.714. The highest BCUT2D eigenvalue weighted by molar-refractivity contribution is 5.92. The number of aryl methyl sites for hydroxylation is 1. The van der Waals surface area contributed by atoms with Crippen molar-refractivity contribution in [1.29, 1.82) is 0 Å². The van der Waals surface area contributed by atoms with Gasteiger partial charge in [0.05, 0.1) is 32.0 Å². The number of morpholine rings is 1. The van der Waals surface area contributed by atoms with E-state index in [1.54, 1.807) is 13.0 Å². The number of nitrogens with zero attached hydrogens (tertiary/aromatic N) is 3. The molecule has 6 nitrogen and oxygen atoms in total. The van der Waals surface area contributed by atoms with Gasteiger partial charge in [-0.15, -0.1) is 0 Å². The molecule has 0 aliphatic carbocycles. The third kappa shape index (κ3) is 4.44. The van der Waals surface area contributed by atoms with Gasteiger partial charge in [0.25, 0.3) is 5.91 Å². The van der Waals surface area contributed by atoms with Crippen LogP contribution in [0.3, 0.4) is 0 Å². The second kappa shape index (κ2) is 7.31. The summed E-state index contributed by atoms with van der Waals surface area (Å²) in [5.74, 6) is -0.473. The van der Waals surface area contributed by atoms with E-state index in [1.165, 1.54) is 4.68 Å². The summed E-state index contributed by atoms with van der Waals surface area (Å²) in [6.45, 7) is 4.36. The molecule has 0 saturated carbocycles. The van der Waals surface area contributed by atoms with Crippen LogP contribution in [-0.2, 0) is 16.0 Å².